The van der Waals surface area contributed by atoms with Gasteiger partial charge in [-0.05, 0) is 12.1 Å². The van der Waals surface area contributed by atoms with Gasteiger partial charge in [0.2, 0.25) is 0 Å². The first-order chi connectivity index (χ1) is 9.02. The Morgan fingerprint density at radius 2 is 1.32 bits per heavy atom. The minimum absolute atomic E-state index is 0.0198. The zero-order valence-electron chi connectivity index (χ0n) is 9.84. The zero-order chi connectivity index (χ0) is 14.3. The van der Waals surface area contributed by atoms with Crippen LogP contribution in [0.3, 0.4) is 0 Å². The summed E-state index contributed by atoms with van der Waals surface area (Å²) in [6.45, 7) is 0. The number of hydrogen-bond donors (Lipinski definition) is 4. The van der Waals surface area contributed by atoms with Crippen LogP contribution in [0, 0.1) is 0 Å². The molecule has 0 heterocycles. The predicted octanol–water partition coefficient (Wildman–Crippen LogP) is 1.81. The van der Waals surface area contributed by atoms with Gasteiger partial charge in [0.25, 0.3) is 0 Å². The van der Waals surface area contributed by atoms with Crippen molar-refractivity contribution in [2.24, 2.45) is 0 Å². The van der Waals surface area contributed by atoms with Gasteiger partial charge in [-0.1, -0.05) is 42.5 Å². The largest absolute Gasteiger partial charge is 0.507 e. The van der Waals surface area contributed by atoms with Crippen LogP contribution in [0.1, 0.15) is 15.9 Å². The van der Waals surface area contributed by atoms with Crippen LogP contribution in [0.5, 0.6) is 5.75 Å². The molecule has 0 amide bonds. The van der Waals surface area contributed by atoms with E-state index >= 15 is 0 Å². The Morgan fingerprint density at radius 3 is 1.84 bits per heavy atom. The van der Waals surface area contributed by atoms with E-state index in [1.54, 1.807) is 42.5 Å². The minimum Gasteiger partial charge on any atom is -0.507 e. The summed E-state index contributed by atoms with van der Waals surface area (Å²) in [6, 6.07) is 15.5. The molecule has 2 rings (SSSR count). The van der Waals surface area contributed by atoms with Crippen molar-refractivity contribution in [1.29, 1.82) is 0 Å². The van der Waals surface area contributed by atoms with Crippen molar-refractivity contribution in [3.63, 3.8) is 0 Å². The van der Waals surface area contributed by atoms with Crippen LogP contribution in [0.4, 0.5) is 0 Å². The molecule has 5 nitrogen and oxygen atoms in total. The summed E-state index contributed by atoms with van der Waals surface area (Å²) < 4.78 is 0. The fraction of sp³-hybridized carbons (Fsp3) is 0. The quantitative estimate of drug-likeness (QED) is 0.497. The number of benzene rings is 2. The molecule has 0 saturated carbocycles. The van der Waals surface area contributed by atoms with E-state index in [4.69, 9.17) is 14.7 Å². The number of carbonyl (C=O) groups excluding carboxylic acids is 1. The van der Waals surface area contributed by atoms with E-state index in [9.17, 15) is 9.90 Å². The fourth-order valence-corrected chi connectivity index (χ4v) is 1.41. The Labute approximate surface area is 111 Å². The molecule has 0 atom stereocenters. The number of ketones is 1. The number of hydrogen-bond acceptors (Lipinski definition) is 5. The van der Waals surface area contributed by atoms with Crippen molar-refractivity contribution in [1.82, 2.24) is 0 Å². The maximum atomic E-state index is 11.9. The van der Waals surface area contributed by atoms with E-state index in [2.05, 4.69) is 0 Å². The van der Waals surface area contributed by atoms with E-state index < -0.39 is 8.60 Å². The third-order valence-corrected chi connectivity index (χ3v) is 2.18. The van der Waals surface area contributed by atoms with E-state index in [-0.39, 0.29) is 11.5 Å². The van der Waals surface area contributed by atoms with Gasteiger partial charge in [-0.25, -0.2) is 0 Å². The SMILES string of the molecule is O=C(c1ccccc1)c1ccccc1O.OP(O)O. The highest BCUT2D eigenvalue weighted by atomic mass is 31.2. The first-order valence-corrected chi connectivity index (χ1v) is 6.47. The lowest BCUT2D eigenvalue weighted by atomic mass is 10.0. The van der Waals surface area contributed by atoms with Gasteiger partial charge < -0.3 is 19.8 Å². The van der Waals surface area contributed by atoms with Crippen LogP contribution in [-0.2, 0) is 0 Å². The Bertz CT molecular complexity index is 525. The Hall–Kier alpha value is -1.78. The summed E-state index contributed by atoms with van der Waals surface area (Å²) in [7, 11) is -2.62. The molecule has 0 radical (unpaired) electrons. The molecule has 0 fully saturated rings. The molecule has 0 unspecified atom stereocenters. The summed E-state index contributed by atoms with van der Waals surface area (Å²) >= 11 is 0. The molecule has 0 aromatic heterocycles. The lowest BCUT2D eigenvalue weighted by Gasteiger charge is -2.02. The molecule has 100 valence electrons. The normalized spacial score (nSPS) is 9.68. The predicted molar refractivity (Wildman–Crippen MR) is 71.6 cm³/mol. The van der Waals surface area contributed by atoms with Crippen LogP contribution in [0.15, 0.2) is 54.6 Å². The summed E-state index contributed by atoms with van der Waals surface area (Å²) in [5, 5.41) is 9.52. The maximum absolute atomic E-state index is 11.9. The second kappa shape index (κ2) is 7.61. The number of phenolic OH excluding ortho intramolecular Hbond substituents is 1. The molecule has 0 spiro atoms. The lowest BCUT2D eigenvalue weighted by Crippen LogP contribution is -2.00. The maximum Gasteiger partial charge on any atom is 0.324 e. The molecule has 0 aliphatic heterocycles. The molecule has 6 heteroatoms. The fourth-order valence-electron chi connectivity index (χ4n) is 1.41. The van der Waals surface area contributed by atoms with Gasteiger partial charge in [0.15, 0.2) is 5.78 Å². The Morgan fingerprint density at radius 1 is 0.842 bits per heavy atom. The average molecular weight is 280 g/mol. The molecule has 2 aromatic carbocycles. The van der Waals surface area contributed by atoms with Crippen molar-refractivity contribution in [2.45, 2.75) is 0 Å². The summed E-state index contributed by atoms with van der Waals surface area (Å²) in [6.07, 6.45) is 0. The van der Waals surface area contributed by atoms with Gasteiger partial charge in [0, 0.05) is 5.56 Å². The molecular weight excluding hydrogens is 267 g/mol. The average Bonchev–Trinajstić information content (AvgIpc) is 2.39. The molecular formula is C13H13O5P. The van der Waals surface area contributed by atoms with Gasteiger partial charge in [0.05, 0.1) is 5.56 Å². The van der Waals surface area contributed by atoms with E-state index in [1.807, 2.05) is 6.07 Å². The van der Waals surface area contributed by atoms with Crippen LogP contribution in [-0.4, -0.2) is 25.6 Å². The molecule has 0 bridgehead atoms. The van der Waals surface area contributed by atoms with Crippen molar-refractivity contribution < 1.29 is 24.6 Å². The highest BCUT2D eigenvalue weighted by Crippen LogP contribution is 2.19. The van der Waals surface area contributed by atoms with Crippen LogP contribution >= 0.6 is 8.60 Å². The highest BCUT2D eigenvalue weighted by molar-refractivity contribution is 7.38. The second-order valence-electron chi connectivity index (χ2n) is 3.48. The first kappa shape index (κ1) is 15.3. The summed E-state index contributed by atoms with van der Waals surface area (Å²) in [5.74, 6) is -0.139. The number of phenols is 1. The smallest absolute Gasteiger partial charge is 0.324 e. The molecule has 4 N–H and O–H groups in total. The highest BCUT2D eigenvalue weighted by Gasteiger charge is 2.11. The first-order valence-electron chi connectivity index (χ1n) is 5.27. The number of rotatable bonds is 2. The van der Waals surface area contributed by atoms with Gasteiger partial charge in [-0.15, -0.1) is 0 Å². The van der Waals surface area contributed by atoms with E-state index in [0.29, 0.717) is 11.1 Å². The van der Waals surface area contributed by atoms with Crippen LogP contribution < -0.4 is 0 Å². The second-order valence-corrected chi connectivity index (χ2v) is 4.02. The summed E-state index contributed by atoms with van der Waals surface area (Å²) in [4.78, 5) is 33.6. The zero-order valence-corrected chi connectivity index (χ0v) is 10.7. The lowest BCUT2D eigenvalue weighted by molar-refractivity contribution is 0.103. The summed E-state index contributed by atoms with van der Waals surface area (Å²) in [5.41, 5.74) is 0.919. The monoisotopic (exact) mass is 280 g/mol. The van der Waals surface area contributed by atoms with Gasteiger partial charge in [0.1, 0.15) is 5.75 Å². The minimum atomic E-state index is -2.62. The van der Waals surface area contributed by atoms with Crippen LogP contribution in [0.25, 0.3) is 0 Å². The van der Waals surface area contributed by atoms with Crippen molar-refractivity contribution in [3.05, 3.63) is 65.7 Å². The van der Waals surface area contributed by atoms with Gasteiger partial charge >= 0.3 is 8.60 Å². The Kier molecular flexibility index (Phi) is 6.12. The number of aromatic hydroxyl groups is 1. The topological polar surface area (TPSA) is 98.0 Å². The van der Waals surface area contributed by atoms with Gasteiger partial charge in [-0.2, -0.15) is 0 Å². The molecule has 19 heavy (non-hydrogen) atoms. The van der Waals surface area contributed by atoms with E-state index in [0.717, 1.165) is 0 Å². The number of carbonyl (C=O) groups is 1. The standard InChI is InChI=1S/C13H10O2.H3O3P/c14-12-9-5-4-8-11(12)13(15)10-6-2-1-3-7-10;1-4(2)3/h1-9,14H;1-3H. The van der Waals surface area contributed by atoms with Crippen molar-refractivity contribution in [2.75, 3.05) is 0 Å². The van der Waals surface area contributed by atoms with Crippen molar-refractivity contribution >= 4 is 14.4 Å². The third-order valence-electron chi connectivity index (χ3n) is 2.18. The molecule has 0 saturated heterocycles. The van der Waals surface area contributed by atoms with E-state index in [1.165, 1.54) is 6.07 Å². The molecule has 0 aliphatic carbocycles. The van der Waals surface area contributed by atoms with Gasteiger partial charge in [-0.3, -0.25) is 4.79 Å². The molecule has 2 aromatic rings. The van der Waals surface area contributed by atoms with Crippen LogP contribution in [0.2, 0.25) is 0 Å². The molecule has 0 aliphatic rings. The Balaban J connectivity index is 0.000000399. The number of para-hydroxylation sites is 1. The van der Waals surface area contributed by atoms with Crippen molar-refractivity contribution in [3.8, 4) is 5.75 Å². The third kappa shape index (κ3) is 5.16.